The molecule has 0 aliphatic carbocycles. The van der Waals surface area contributed by atoms with Crippen molar-refractivity contribution in [2.45, 2.75) is 38.6 Å². The van der Waals surface area contributed by atoms with E-state index in [4.69, 9.17) is 5.73 Å². The number of aryl methyl sites for hydroxylation is 3. The van der Waals surface area contributed by atoms with Gasteiger partial charge in [-0.25, -0.2) is 8.42 Å². The van der Waals surface area contributed by atoms with E-state index in [0.29, 0.717) is 35.4 Å². The van der Waals surface area contributed by atoms with Crippen LogP contribution in [0.3, 0.4) is 0 Å². The number of nitrogens with two attached hydrogens (primary N) is 1. The molecule has 0 saturated carbocycles. The van der Waals surface area contributed by atoms with Gasteiger partial charge in [0.2, 0.25) is 0 Å². The first-order valence-electron chi connectivity index (χ1n) is 12.5. The molecule has 0 spiro atoms. The summed E-state index contributed by atoms with van der Waals surface area (Å²) >= 11 is 0. The van der Waals surface area contributed by atoms with Crippen molar-refractivity contribution in [1.29, 1.82) is 0 Å². The first-order valence-corrected chi connectivity index (χ1v) is 14.4. The minimum absolute atomic E-state index is 0.182. The number of amides is 1. The average Bonchev–Trinajstić information content (AvgIpc) is 2.87. The normalized spacial score (nSPS) is 11.7. The summed E-state index contributed by atoms with van der Waals surface area (Å²) in [6.45, 7) is 6.18. The second kappa shape index (κ2) is 10.1. The molecule has 0 fully saturated rings. The van der Waals surface area contributed by atoms with Gasteiger partial charge in [0.15, 0.2) is 9.84 Å². The van der Waals surface area contributed by atoms with Crippen molar-refractivity contribution in [3.8, 4) is 0 Å². The van der Waals surface area contributed by atoms with Gasteiger partial charge in [-0.3, -0.25) is 19.7 Å². The number of nitrogen functional groups attached to an aromatic ring is 1. The van der Waals surface area contributed by atoms with E-state index in [2.05, 4.69) is 20.3 Å². The number of fused-ring (bicyclic) bond motifs is 2. The Hall–Kier alpha value is -4.37. The summed E-state index contributed by atoms with van der Waals surface area (Å²) in [4.78, 5) is 26.7. The van der Waals surface area contributed by atoms with Gasteiger partial charge in [0, 0.05) is 65.0 Å². The number of hydrogen-bond acceptors (Lipinski definition) is 7. The van der Waals surface area contributed by atoms with E-state index in [0.717, 1.165) is 44.2 Å². The zero-order valence-electron chi connectivity index (χ0n) is 22.2. The van der Waals surface area contributed by atoms with E-state index in [1.54, 1.807) is 30.6 Å². The number of carbonyl (C=O) groups is 1. The van der Waals surface area contributed by atoms with Gasteiger partial charge in [-0.2, -0.15) is 0 Å². The Morgan fingerprint density at radius 3 is 2.56 bits per heavy atom. The van der Waals surface area contributed by atoms with Crippen LogP contribution in [-0.4, -0.2) is 35.5 Å². The van der Waals surface area contributed by atoms with Crippen LogP contribution in [0.25, 0.3) is 21.8 Å². The first kappa shape index (κ1) is 26.2. The Bertz CT molecular complexity index is 1880. The molecule has 3 N–H and O–H groups in total. The summed E-state index contributed by atoms with van der Waals surface area (Å²) < 4.78 is 25.0. The van der Waals surface area contributed by atoms with E-state index in [9.17, 15) is 13.2 Å². The molecule has 198 valence electrons. The van der Waals surface area contributed by atoms with E-state index >= 15 is 0 Å². The van der Waals surface area contributed by atoms with Crippen LogP contribution in [0.15, 0.2) is 65.8 Å². The second-order valence-corrected chi connectivity index (χ2v) is 11.9. The molecule has 0 atom stereocenters. The number of aromatic nitrogens is 3. The van der Waals surface area contributed by atoms with Gasteiger partial charge in [0.1, 0.15) is 0 Å². The molecule has 0 radical (unpaired) electrons. The molecule has 9 heteroatoms. The van der Waals surface area contributed by atoms with Crippen molar-refractivity contribution < 1.29 is 13.2 Å². The van der Waals surface area contributed by atoms with Crippen LogP contribution in [0.5, 0.6) is 0 Å². The highest BCUT2D eigenvalue weighted by molar-refractivity contribution is 7.91. The molecular weight excluding hydrogens is 510 g/mol. The minimum Gasteiger partial charge on any atom is -0.399 e. The molecule has 0 aliphatic heterocycles. The Kier molecular flexibility index (Phi) is 6.78. The number of pyridine rings is 3. The predicted molar refractivity (Wildman–Crippen MR) is 153 cm³/mol. The molecule has 2 aromatic carbocycles. The van der Waals surface area contributed by atoms with Crippen LogP contribution in [0.1, 0.15) is 44.0 Å². The number of nitrogens with zero attached hydrogens (tertiary/aromatic N) is 3. The second-order valence-electron chi connectivity index (χ2n) is 9.92. The molecule has 0 aliphatic rings. The van der Waals surface area contributed by atoms with Crippen molar-refractivity contribution in [2.75, 3.05) is 12.0 Å². The molecule has 0 bridgehead atoms. The topological polar surface area (TPSA) is 128 Å². The Morgan fingerprint density at radius 1 is 1.00 bits per heavy atom. The SMILES string of the molecule is Cc1cnc2c(S(C)(=O)=O)cc(Cc3cc(C(=O)NCc4c(C)nc5cc(N)ccc5c4C)ccn3)cc2c1. The minimum atomic E-state index is -3.49. The van der Waals surface area contributed by atoms with Crippen molar-refractivity contribution >= 4 is 43.2 Å². The quantitative estimate of drug-likeness (QED) is 0.302. The fourth-order valence-electron chi connectivity index (χ4n) is 4.87. The fourth-order valence-corrected chi connectivity index (χ4v) is 5.75. The summed E-state index contributed by atoms with van der Waals surface area (Å²) in [5.74, 6) is -0.231. The number of rotatable bonds is 6. The van der Waals surface area contributed by atoms with E-state index in [1.807, 2.05) is 51.1 Å². The van der Waals surface area contributed by atoms with Crippen LogP contribution in [0, 0.1) is 20.8 Å². The lowest BCUT2D eigenvalue weighted by Gasteiger charge is -2.14. The van der Waals surface area contributed by atoms with Crippen molar-refractivity contribution in [3.05, 3.63) is 100 Å². The molecular formula is C30H29N5O3S. The monoisotopic (exact) mass is 539 g/mol. The van der Waals surface area contributed by atoms with Crippen molar-refractivity contribution in [1.82, 2.24) is 20.3 Å². The van der Waals surface area contributed by atoms with Crippen LogP contribution < -0.4 is 11.1 Å². The van der Waals surface area contributed by atoms with Crippen LogP contribution in [0.2, 0.25) is 0 Å². The highest BCUT2D eigenvalue weighted by atomic mass is 32.2. The summed E-state index contributed by atoms with van der Waals surface area (Å²) in [6, 6.07) is 14.5. The molecule has 3 heterocycles. The highest BCUT2D eigenvalue weighted by Crippen LogP contribution is 2.26. The smallest absolute Gasteiger partial charge is 0.251 e. The van der Waals surface area contributed by atoms with E-state index < -0.39 is 9.84 Å². The maximum Gasteiger partial charge on any atom is 0.251 e. The molecule has 5 aromatic rings. The van der Waals surface area contributed by atoms with E-state index in [1.165, 1.54) is 6.26 Å². The van der Waals surface area contributed by atoms with Gasteiger partial charge in [-0.15, -0.1) is 0 Å². The molecule has 1 amide bonds. The zero-order chi connectivity index (χ0) is 27.9. The number of benzene rings is 2. The molecule has 0 saturated heterocycles. The van der Waals surface area contributed by atoms with Crippen molar-refractivity contribution in [3.63, 3.8) is 0 Å². The van der Waals surface area contributed by atoms with Gasteiger partial charge in [-0.1, -0.05) is 6.07 Å². The average molecular weight is 540 g/mol. The first-order chi connectivity index (χ1) is 18.5. The lowest BCUT2D eigenvalue weighted by atomic mass is 10.0. The van der Waals surface area contributed by atoms with E-state index in [-0.39, 0.29) is 10.8 Å². The lowest BCUT2D eigenvalue weighted by molar-refractivity contribution is 0.0950. The van der Waals surface area contributed by atoms with Crippen LogP contribution >= 0.6 is 0 Å². The van der Waals surface area contributed by atoms with Gasteiger partial charge in [-0.05, 0) is 85.5 Å². The maximum absolute atomic E-state index is 13.1. The summed E-state index contributed by atoms with van der Waals surface area (Å²) in [5.41, 5.74) is 13.5. The summed E-state index contributed by atoms with van der Waals surface area (Å²) in [6.07, 6.45) is 4.80. The third-order valence-electron chi connectivity index (χ3n) is 6.84. The van der Waals surface area contributed by atoms with Gasteiger partial charge in [0.25, 0.3) is 5.91 Å². The number of anilines is 1. The fraction of sp³-hybridized carbons (Fsp3) is 0.200. The van der Waals surface area contributed by atoms with Gasteiger partial charge >= 0.3 is 0 Å². The predicted octanol–water partition coefficient (Wildman–Crippen LogP) is 4.61. The Balaban J connectivity index is 1.39. The Morgan fingerprint density at radius 2 is 1.79 bits per heavy atom. The largest absolute Gasteiger partial charge is 0.399 e. The zero-order valence-corrected chi connectivity index (χ0v) is 23.1. The molecule has 39 heavy (non-hydrogen) atoms. The molecule has 3 aromatic heterocycles. The number of hydrogen-bond donors (Lipinski definition) is 2. The van der Waals surface area contributed by atoms with Gasteiger partial charge < -0.3 is 11.1 Å². The third-order valence-corrected chi connectivity index (χ3v) is 7.95. The van der Waals surface area contributed by atoms with Gasteiger partial charge in [0.05, 0.1) is 15.9 Å². The number of nitrogens with one attached hydrogen (secondary N) is 1. The lowest BCUT2D eigenvalue weighted by Crippen LogP contribution is -2.24. The summed E-state index contributed by atoms with van der Waals surface area (Å²) in [5, 5.41) is 4.75. The van der Waals surface area contributed by atoms with Crippen LogP contribution in [0.4, 0.5) is 5.69 Å². The standard InChI is InChI=1S/C30H29N5O3S/c1-17-9-22-10-20(12-28(39(4,37)38)29(22)33-15-17)11-24-13-21(7-8-32-24)30(36)34-16-26-18(2)25-6-5-23(31)14-27(25)35-19(26)3/h5-10,12-15H,11,16,31H2,1-4H3,(H,34,36). The number of carbonyl (C=O) groups excluding carboxylic acids is 1. The third kappa shape index (κ3) is 5.44. The van der Waals surface area contributed by atoms with Crippen molar-refractivity contribution in [2.24, 2.45) is 0 Å². The van der Waals surface area contributed by atoms with Crippen LogP contribution in [-0.2, 0) is 22.8 Å². The summed E-state index contributed by atoms with van der Waals surface area (Å²) in [7, 11) is -3.49. The maximum atomic E-state index is 13.1. The Labute approximate surface area is 227 Å². The molecule has 8 nitrogen and oxygen atoms in total. The highest BCUT2D eigenvalue weighted by Gasteiger charge is 2.17. The molecule has 0 unspecified atom stereocenters. The molecule has 5 rings (SSSR count). The number of sulfone groups is 1.